The Morgan fingerprint density at radius 1 is 0.767 bits per heavy atom. The number of aryl methyl sites for hydroxylation is 1. The average Bonchev–Trinajstić information content (AvgIpc) is 3.53. The molecule has 0 unspecified atom stereocenters. The van der Waals surface area contributed by atoms with Crippen LogP contribution in [0.3, 0.4) is 0 Å². The largest absolute Gasteiger partial charge is 0.494 e. The molecule has 2 aromatic carbocycles. The van der Waals surface area contributed by atoms with E-state index in [9.17, 15) is 14.7 Å². The van der Waals surface area contributed by atoms with Crippen molar-refractivity contribution in [3.8, 4) is 33.8 Å². The summed E-state index contributed by atoms with van der Waals surface area (Å²) in [4.78, 5) is 26.1. The van der Waals surface area contributed by atoms with Gasteiger partial charge >= 0.3 is 11.9 Å². The van der Waals surface area contributed by atoms with Gasteiger partial charge in [-0.3, -0.25) is 9.59 Å². The fourth-order valence-corrected chi connectivity index (χ4v) is 5.73. The smallest absolute Gasteiger partial charge is 0.303 e. The van der Waals surface area contributed by atoms with Crippen molar-refractivity contribution in [2.24, 2.45) is 0 Å². The Balaban J connectivity index is 1.29. The highest BCUT2D eigenvalue weighted by Crippen LogP contribution is 2.33. The van der Waals surface area contributed by atoms with Crippen molar-refractivity contribution in [3.63, 3.8) is 0 Å². The molecule has 4 rings (SSSR count). The molecule has 0 aliphatic carbocycles. The fourth-order valence-electron chi connectivity index (χ4n) is 4.89. The zero-order chi connectivity index (χ0) is 30.4. The standard InChI is InChI=1S/C34H36ClNO6S/c35-32-22-25(13-15-36-32)27-19-28(26-14-18-43-23-26)21-29(20-27)41-16-4-2-1-3-7-24-8-5-9-31(30(24)11-12-34(39)40)42-17-6-10-33(37)38/h5,8-9,13-15,18-23H,1-4,6-7,10-12,16-17H2,(H,37,38)(H,39,40). The highest BCUT2D eigenvalue weighted by atomic mass is 35.5. The molecular weight excluding hydrogens is 586 g/mol. The van der Waals surface area contributed by atoms with Crippen molar-refractivity contribution in [1.29, 1.82) is 0 Å². The number of thiophene rings is 1. The van der Waals surface area contributed by atoms with E-state index in [1.165, 1.54) is 0 Å². The van der Waals surface area contributed by atoms with E-state index in [2.05, 4.69) is 33.9 Å². The number of unbranched alkanes of at least 4 members (excludes halogenated alkanes) is 3. The normalized spacial score (nSPS) is 10.9. The van der Waals surface area contributed by atoms with Crippen LogP contribution in [0.25, 0.3) is 22.3 Å². The van der Waals surface area contributed by atoms with Crippen LogP contribution in [0.2, 0.25) is 5.15 Å². The van der Waals surface area contributed by atoms with E-state index in [0.29, 0.717) is 30.4 Å². The lowest BCUT2D eigenvalue weighted by molar-refractivity contribution is -0.138. The number of halogens is 1. The second-order valence-corrected chi connectivity index (χ2v) is 11.4. The van der Waals surface area contributed by atoms with Crippen molar-refractivity contribution in [2.75, 3.05) is 13.2 Å². The Morgan fingerprint density at radius 2 is 1.53 bits per heavy atom. The van der Waals surface area contributed by atoms with Crippen LogP contribution in [0.15, 0.2) is 71.6 Å². The van der Waals surface area contributed by atoms with E-state index in [4.69, 9.17) is 26.2 Å². The second-order valence-electron chi connectivity index (χ2n) is 10.3. The molecule has 0 aliphatic rings. The third kappa shape index (κ3) is 10.4. The van der Waals surface area contributed by atoms with Gasteiger partial charge < -0.3 is 19.7 Å². The summed E-state index contributed by atoms with van der Waals surface area (Å²) in [7, 11) is 0. The minimum absolute atomic E-state index is 0.0172. The Bertz CT molecular complexity index is 1490. The van der Waals surface area contributed by atoms with Crippen molar-refractivity contribution >= 4 is 34.9 Å². The number of pyridine rings is 1. The number of aliphatic carboxylic acids is 2. The SMILES string of the molecule is O=C(O)CCCOc1cccc(CCCCCCOc2cc(-c3ccsc3)cc(-c3ccnc(Cl)c3)c2)c1CCC(=O)O. The summed E-state index contributed by atoms with van der Waals surface area (Å²) in [5, 5.41) is 22.7. The Morgan fingerprint density at radius 3 is 2.28 bits per heavy atom. The summed E-state index contributed by atoms with van der Waals surface area (Å²) in [5.74, 6) is -0.254. The molecule has 7 nitrogen and oxygen atoms in total. The van der Waals surface area contributed by atoms with E-state index in [-0.39, 0.29) is 19.4 Å². The Labute approximate surface area is 261 Å². The summed E-state index contributed by atoms with van der Waals surface area (Å²) in [6, 6.07) is 17.9. The number of hydrogen-bond acceptors (Lipinski definition) is 6. The zero-order valence-electron chi connectivity index (χ0n) is 24.0. The number of rotatable bonds is 18. The summed E-state index contributed by atoms with van der Waals surface area (Å²) in [5.41, 5.74) is 6.24. The van der Waals surface area contributed by atoms with Crippen LogP contribution in [0, 0.1) is 0 Å². The van der Waals surface area contributed by atoms with Crippen LogP contribution in [-0.2, 0) is 22.4 Å². The molecule has 2 aromatic heterocycles. The fraction of sp³-hybridized carbons (Fsp3) is 0.324. The van der Waals surface area contributed by atoms with Crippen LogP contribution in [0.4, 0.5) is 0 Å². The van der Waals surface area contributed by atoms with E-state index < -0.39 is 11.9 Å². The highest BCUT2D eigenvalue weighted by Gasteiger charge is 2.12. The first kappa shape index (κ1) is 32.0. The number of carboxylic acid groups (broad SMARTS) is 2. The predicted octanol–water partition coefficient (Wildman–Crippen LogP) is 8.57. The molecule has 0 bridgehead atoms. The van der Waals surface area contributed by atoms with Gasteiger partial charge in [-0.2, -0.15) is 11.3 Å². The van der Waals surface area contributed by atoms with Gasteiger partial charge in [0.05, 0.1) is 13.2 Å². The third-order valence-corrected chi connectivity index (χ3v) is 7.93. The molecular formula is C34H36ClNO6S. The van der Waals surface area contributed by atoms with E-state index in [0.717, 1.165) is 71.2 Å². The molecule has 0 fully saturated rings. The Hall–Kier alpha value is -3.88. The molecule has 9 heteroatoms. The molecule has 0 aliphatic heterocycles. The lowest BCUT2D eigenvalue weighted by atomic mass is 9.97. The number of carboxylic acids is 2. The summed E-state index contributed by atoms with van der Waals surface area (Å²) in [6.45, 7) is 0.886. The van der Waals surface area contributed by atoms with E-state index in [1.807, 2.05) is 36.4 Å². The van der Waals surface area contributed by atoms with Crippen molar-refractivity contribution in [1.82, 2.24) is 4.98 Å². The quantitative estimate of drug-likeness (QED) is 0.0846. The van der Waals surface area contributed by atoms with Gasteiger partial charge in [0.25, 0.3) is 0 Å². The molecule has 2 heterocycles. The maximum Gasteiger partial charge on any atom is 0.303 e. The summed E-state index contributed by atoms with van der Waals surface area (Å²) < 4.78 is 12.1. The molecule has 4 aromatic rings. The first-order chi connectivity index (χ1) is 20.9. The van der Waals surface area contributed by atoms with Gasteiger partial charge in [-0.1, -0.05) is 36.6 Å². The van der Waals surface area contributed by atoms with Gasteiger partial charge in [-0.15, -0.1) is 0 Å². The van der Waals surface area contributed by atoms with Crippen LogP contribution >= 0.6 is 22.9 Å². The van der Waals surface area contributed by atoms with Crippen LogP contribution in [0.1, 0.15) is 56.1 Å². The monoisotopic (exact) mass is 621 g/mol. The molecule has 0 radical (unpaired) electrons. The Kier molecular flexibility index (Phi) is 12.4. The van der Waals surface area contributed by atoms with Gasteiger partial charge in [0, 0.05) is 19.0 Å². The van der Waals surface area contributed by atoms with Gasteiger partial charge in [0.2, 0.25) is 0 Å². The van der Waals surface area contributed by atoms with Gasteiger partial charge in [-0.25, -0.2) is 4.98 Å². The lowest BCUT2D eigenvalue weighted by Gasteiger charge is -2.15. The first-order valence-corrected chi connectivity index (χ1v) is 15.8. The number of ether oxygens (including phenoxy) is 2. The molecule has 0 spiro atoms. The van der Waals surface area contributed by atoms with Crippen LogP contribution in [0.5, 0.6) is 11.5 Å². The number of benzene rings is 2. The predicted molar refractivity (Wildman–Crippen MR) is 170 cm³/mol. The molecule has 226 valence electrons. The van der Waals surface area contributed by atoms with Crippen molar-refractivity contribution in [3.05, 3.63) is 87.8 Å². The first-order valence-electron chi connectivity index (χ1n) is 14.5. The van der Waals surface area contributed by atoms with Crippen molar-refractivity contribution < 1.29 is 29.3 Å². The highest BCUT2D eigenvalue weighted by molar-refractivity contribution is 7.08. The molecule has 0 amide bonds. The van der Waals surface area contributed by atoms with Crippen LogP contribution in [-0.4, -0.2) is 40.3 Å². The van der Waals surface area contributed by atoms with Gasteiger partial charge in [0.15, 0.2) is 0 Å². The van der Waals surface area contributed by atoms with Crippen molar-refractivity contribution in [2.45, 2.75) is 57.8 Å². The number of hydrogen-bond donors (Lipinski definition) is 2. The molecule has 43 heavy (non-hydrogen) atoms. The number of carbonyl (C=O) groups is 2. The zero-order valence-corrected chi connectivity index (χ0v) is 25.5. The third-order valence-electron chi connectivity index (χ3n) is 7.04. The lowest BCUT2D eigenvalue weighted by Crippen LogP contribution is -2.07. The minimum atomic E-state index is -0.860. The average molecular weight is 622 g/mol. The molecule has 0 saturated carbocycles. The van der Waals surface area contributed by atoms with E-state index in [1.54, 1.807) is 17.5 Å². The molecule has 0 atom stereocenters. The summed E-state index contributed by atoms with van der Waals surface area (Å²) >= 11 is 7.81. The van der Waals surface area contributed by atoms with E-state index >= 15 is 0 Å². The minimum Gasteiger partial charge on any atom is -0.494 e. The van der Waals surface area contributed by atoms with Gasteiger partial charge in [-0.05, 0) is 119 Å². The number of aromatic nitrogens is 1. The molecule has 2 N–H and O–H groups in total. The number of nitrogens with zero attached hydrogens (tertiary/aromatic N) is 1. The van der Waals surface area contributed by atoms with Gasteiger partial charge in [0.1, 0.15) is 16.7 Å². The maximum atomic E-state index is 11.3. The maximum absolute atomic E-state index is 11.3. The topological polar surface area (TPSA) is 106 Å². The molecule has 0 saturated heterocycles. The second kappa shape index (κ2) is 16.7. The summed E-state index contributed by atoms with van der Waals surface area (Å²) in [6.07, 6.45) is 7.26. The van der Waals surface area contributed by atoms with Crippen LogP contribution < -0.4 is 9.47 Å².